The van der Waals surface area contributed by atoms with Crippen LogP contribution in [0.2, 0.25) is 0 Å². The molecule has 1 fully saturated rings. The van der Waals surface area contributed by atoms with Gasteiger partial charge in [0.15, 0.2) is 5.78 Å². The summed E-state index contributed by atoms with van der Waals surface area (Å²) < 4.78 is 11.3. The maximum absolute atomic E-state index is 12.4. The van der Waals surface area contributed by atoms with Crippen LogP contribution < -0.4 is 0 Å². The smallest absolute Gasteiger partial charge is 0.334 e. The van der Waals surface area contributed by atoms with Gasteiger partial charge in [0.2, 0.25) is 0 Å². The molecule has 0 aromatic rings. The first-order valence-corrected chi connectivity index (χ1v) is 8.42. The number of ether oxygens (including phenoxy) is 2. The van der Waals surface area contributed by atoms with Gasteiger partial charge in [0.05, 0.1) is 5.92 Å². The van der Waals surface area contributed by atoms with Crippen molar-refractivity contribution in [1.29, 1.82) is 0 Å². The maximum Gasteiger partial charge on any atom is 0.334 e. The van der Waals surface area contributed by atoms with Crippen molar-refractivity contribution in [1.82, 2.24) is 0 Å². The lowest BCUT2D eigenvalue weighted by molar-refractivity contribution is -0.148. The molecule has 5 nitrogen and oxygen atoms in total. The van der Waals surface area contributed by atoms with Crippen LogP contribution in [0.25, 0.3) is 0 Å². The second-order valence-electron chi connectivity index (χ2n) is 6.96. The molecule has 2 aliphatic carbocycles. The van der Waals surface area contributed by atoms with Gasteiger partial charge < -0.3 is 9.47 Å². The number of allylic oxidation sites excluding steroid dienone is 2. The molecule has 1 saturated heterocycles. The van der Waals surface area contributed by atoms with Crippen LogP contribution in [0.4, 0.5) is 0 Å². The van der Waals surface area contributed by atoms with Gasteiger partial charge >= 0.3 is 11.9 Å². The summed E-state index contributed by atoms with van der Waals surface area (Å²) in [5, 5.41) is 0. The lowest BCUT2D eigenvalue weighted by atomic mass is 9.82. The van der Waals surface area contributed by atoms with E-state index in [0.717, 1.165) is 11.1 Å². The minimum Gasteiger partial charge on any atom is -0.458 e. The van der Waals surface area contributed by atoms with Gasteiger partial charge in [-0.2, -0.15) is 0 Å². The fourth-order valence-electron chi connectivity index (χ4n) is 3.97. The quantitative estimate of drug-likeness (QED) is 0.570. The van der Waals surface area contributed by atoms with Crippen LogP contribution in [0.15, 0.2) is 46.6 Å². The molecule has 0 aromatic heterocycles. The highest BCUT2D eigenvalue weighted by Crippen LogP contribution is 2.48. The Balaban J connectivity index is 2.04. The third-order valence-electron chi connectivity index (χ3n) is 5.40. The predicted molar refractivity (Wildman–Crippen MR) is 91.4 cm³/mol. The Morgan fingerprint density at radius 2 is 2.04 bits per heavy atom. The topological polar surface area (TPSA) is 69.7 Å². The largest absolute Gasteiger partial charge is 0.458 e. The van der Waals surface area contributed by atoms with Crippen LogP contribution in [-0.2, 0) is 23.9 Å². The van der Waals surface area contributed by atoms with Crippen molar-refractivity contribution < 1.29 is 23.9 Å². The summed E-state index contributed by atoms with van der Waals surface area (Å²) in [5.41, 5.74) is 3.21. The first-order valence-electron chi connectivity index (χ1n) is 8.42. The Kier molecular flexibility index (Phi) is 4.27. The van der Waals surface area contributed by atoms with E-state index < -0.39 is 30.1 Å². The van der Waals surface area contributed by atoms with Crippen LogP contribution in [0, 0.1) is 11.8 Å². The van der Waals surface area contributed by atoms with Gasteiger partial charge in [-0.05, 0) is 33.8 Å². The molecule has 0 amide bonds. The van der Waals surface area contributed by atoms with Gasteiger partial charge in [-0.15, -0.1) is 0 Å². The van der Waals surface area contributed by atoms with E-state index in [1.165, 1.54) is 0 Å². The van der Waals surface area contributed by atoms with E-state index in [-0.39, 0.29) is 11.7 Å². The van der Waals surface area contributed by atoms with E-state index in [0.29, 0.717) is 23.1 Å². The second kappa shape index (κ2) is 6.14. The van der Waals surface area contributed by atoms with Crippen molar-refractivity contribution in [2.45, 2.75) is 46.3 Å². The van der Waals surface area contributed by atoms with Gasteiger partial charge in [0, 0.05) is 29.1 Å². The fourth-order valence-corrected chi connectivity index (χ4v) is 3.97. The number of fused-ring (bicyclic) bond motifs is 3. The molecule has 0 unspecified atom stereocenters. The van der Waals surface area contributed by atoms with Crippen molar-refractivity contribution >= 4 is 17.7 Å². The summed E-state index contributed by atoms with van der Waals surface area (Å²) in [5.74, 6) is -1.70. The van der Waals surface area contributed by atoms with Gasteiger partial charge in [0.25, 0.3) is 0 Å². The van der Waals surface area contributed by atoms with E-state index >= 15 is 0 Å². The van der Waals surface area contributed by atoms with Gasteiger partial charge in [-0.1, -0.05) is 23.8 Å². The Morgan fingerprint density at radius 3 is 2.68 bits per heavy atom. The van der Waals surface area contributed by atoms with E-state index in [2.05, 4.69) is 6.58 Å². The third kappa shape index (κ3) is 2.68. The first kappa shape index (κ1) is 17.4. The molecule has 0 N–H and O–H groups in total. The lowest BCUT2D eigenvalue weighted by Crippen LogP contribution is -2.36. The molecule has 1 aliphatic heterocycles. The zero-order valence-electron chi connectivity index (χ0n) is 14.9. The molecule has 5 heteroatoms. The maximum atomic E-state index is 12.4. The molecule has 4 atom stereocenters. The molecule has 0 saturated carbocycles. The number of ketones is 1. The molecule has 3 aliphatic rings. The Labute approximate surface area is 147 Å². The Hall–Kier alpha value is -2.43. The minimum atomic E-state index is -0.579. The summed E-state index contributed by atoms with van der Waals surface area (Å²) >= 11 is 0. The highest BCUT2D eigenvalue weighted by molar-refractivity contribution is 6.09. The van der Waals surface area contributed by atoms with Crippen LogP contribution in [0.1, 0.15) is 34.1 Å². The average molecular weight is 342 g/mol. The molecule has 3 rings (SSSR count). The SMILES string of the molecule is C=C1C(=O)O[C@@H]2[C@H]3C(C)=CC(=O)C3=C(C)C[C@H](OC(=O)/C(C)=C\C)[C@@H]12. The molecule has 0 bridgehead atoms. The van der Waals surface area contributed by atoms with Crippen LogP contribution in [-0.4, -0.2) is 29.9 Å². The number of hydrogen-bond acceptors (Lipinski definition) is 5. The normalized spacial score (nSPS) is 32.1. The standard InChI is InChI=1S/C20H22O5/c1-6-9(2)19(22)24-14-8-11(4)15-13(21)7-10(3)16(15)18-17(14)12(5)20(23)25-18/h6-7,14,16-18H,5,8H2,1-4H3/b9-6-/t14-,16-,17+,18+/m0/s1. The highest BCUT2D eigenvalue weighted by Gasteiger charge is 2.53. The Bertz CT molecular complexity index is 780. The van der Waals surface area contributed by atoms with Gasteiger partial charge in [-0.25, -0.2) is 9.59 Å². The summed E-state index contributed by atoms with van der Waals surface area (Å²) in [6.07, 6.45) is 2.53. The number of carbonyl (C=O) groups excluding carboxylic acids is 3. The molecule has 25 heavy (non-hydrogen) atoms. The Morgan fingerprint density at radius 1 is 1.36 bits per heavy atom. The fraction of sp³-hybridized carbons (Fsp3) is 0.450. The van der Waals surface area contributed by atoms with E-state index in [9.17, 15) is 14.4 Å². The van der Waals surface area contributed by atoms with E-state index in [1.54, 1.807) is 26.0 Å². The molecule has 0 radical (unpaired) electrons. The molecular formula is C20H22O5. The summed E-state index contributed by atoms with van der Waals surface area (Å²) in [6.45, 7) is 11.0. The third-order valence-corrected chi connectivity index (χ3v) is 5.40. The first-order chi connectivity index (χ1) is 11.8. The number of hydrogen-bond donors (Lipinski definition) is 0. The monoisotopic (exact) mass is 342 g/mol. The average Bonchev–Trinajstić information content (AvgIpc) is 2.96. The van der Waals surface area contributed by atoms with Crippen molar-refractivity contribution in [3.63, 3.8) is 0 Å². The molecule has 0 aromatic carbocycles. The number of carbonyl (C=O) groups is 3. The van der Waals surface area contributed by atoms with Crippen LogP contribution in [0.5, 0.6) is 0 Å². The predicted octanol–water partition coefficient (Wildman–Crippen LogP) is 2.83. The van der Waals surface area contributed by atoms with Crippen LogP contribution in [0.3, 0.4) is 0 Å². The van der Waals surface area contributed by atoms with Gasteiger partial charge in [0.1, 0.15) is 12.2 Å². The summed E-state index contributed by atoms with van der Waals surface area (Å²) in [7, 11) is 0. The molecular weight excluding hydrogens is 320 g/mol. The van der Waals surface area contributed by atoms with Crippen molar-refractivity contribution in [2.75, 3.05) is 0 Å². The van der Waals surface area contributed by atoms with E-state index in [4.69, 9.17) is 9.47 Å². The lowest BCUT2D eigenvalue weighted by Gasteiger charge is -2.28. The van der Waals surface area contributed by atoms with Crippen molar-refractivity contribution in [3.05, 3.63) is 46.6 Å². The second-order valence-corrected chi connectivity index (χ2v) is 6.96. The minimum absolute atomic E-state index is 0.0519. The summed E-state index contributed by atoms with van der Waals surface area (Å²) in [6, 6.07) is 0. The molecule has 132 valence electrons. The highest BCUT2D eigenvalue weighted by atomic mass is 16.6. The molecule has 0 spiro atoms. The van der Waals surface area contributed by atoms with Gasteiger partial charge in [-0.3, -0.25) is 4.79 Å². The molecule has 1 heterocycles. The van der Waals surface area contributed by atoms with E-state index in [1.807, 2.05) is 13.8 Å². The number of rotatable bonds is 2. The zero-order chi connectivity index (χ0) is 18.5. The zero-order valence-corrected chi connectivity index (χ0v) is 14.9. The van der Waals surface area contributed by atoms with Crippen LogP contribution >= 0.6 is 0 Å². The van der Waals surface area contributed by atoms with Crippen molar-refractivity contribution in [2.24, 2.45) is 11.8 Å². The number of esters is 2. The summed E-state index contributed by atoms with van der Waals surface area (Å²) in [4.78, 5) is 36.8. The van der Waals surface area contributed by atoms with Crippen molar-refractivity contribution in [3.8, 4) is 0 Å².